The smallest absolute Gasteiger partial charge is 0.289 e. The highest BCUT2D eigenvalue weighted by molar-refractivity contribution is 7.09. The largest absolute Gasteiger partial charge is 0.449 e. The first-order chi connectivity index (χ1) is 10.5. The SMILES string of the molecule is Cc1nc(CN(C)C(=O)c2oc3c(Cl)cccc3c2C)cs1. The Kier molecular flexibility index (Phi) is 3.93. The fraction of sp³-hybridized carbons (Fsp3) is 0.250. The van der Waals surface area contributed by atoms with E-state index >= 15 is 0 Å². The highest BCUT2D eigenvalue weighted by Gasteiger charge is 2.22. The van der Waals surface area contributed by atoms with Gasteiger partial charge in [0.1, 0.15) is 0 Å². The van der Waals surface area contributed by atoms with Crippen molar-refractivity contribution in [2.24, 2.45) is 0 Å². The fourth-order valence-electron chi connectivity index (χ4n) is 2.38. The number of fused-ring (bicyclic) bond motifs is 1. The van der Waals surface area contributed by atoms with Gasteiger partial charge in [-0.05, 0) is 19.9 Å². The average Bonchev–Trinajstić information content (AvgIpc) is 3.04. The molecule has 0 radical (unpaired) electrons. The van der Waals surface area contributed by atoms with Crippen molar-refractivity contribution in [1.82, 2.24) is 9.88 Å². The minimum atomic E-state index is -0.171. The zero-order chi connectivity index (χ0) is 15.9. The monoisotopic (exact) mass is 334 g/mol. The number of carbonyl (C=O) groups excluding carboxylic acids is 1. The zero-order valence-electron chi connectivity index (χ0n) is 12.5. The van der Waals surface area contributed by atoms with Crippen molar-refractivity contribution >= 4 is 39.8 Å². The lowest BCUT2D eigenvalue weighted by atomic mass is 10.1. The molecule has 2 heterocycles. The number of halogens is 1. The molecule has 3 rings (SSSR count). The van der Waals surface area contributed by atoms with E-state index in [9.17, 15) is 4.79 Å². The molecular formula is C16H15ClN2O2S. The molecule has 1 aromatic carbocycles. The Bertz CT molecular complexity index is 853. The number of furan rings is 1. The Morgan fingerprint density at radius 3 is 2.82 bits per heavy atom. The van der Waals surface area contributed by atoms with Crippen LogP contribution in [0.1, 0.15) is 26.8 Å². The summed E-state index contributed by atoms with van der Waals surface area (Å²) in [5, 5.41) is 4.33. The number of carbonyl (C=O) groups is 1. The molecule has 0 aliphatic carbocycles. The molecule has 0 fully saturated rings. The number of amides is 1. The van der Waals surface area contributed by atoms with Crippen molar-refractivity contribution in [3.8, 4) is 0 Å². The molecular weight excluding hydrogens is 320 g/mol. The molecule has 0 aliphatic heterocycles. The van der Waals surface area contributed by atoms with Gasteiger partial charge < -0.3 is 9.32 Å². The van der Waals surface area contributed by atoms with E-state index in [2.05, 4.69) is 4.98 Å². The molecule has 0 spiro atoms. The summed E-state index contributed by atoms with van der Waals surface area (Å²) in [5.41, 5.74) is 2.25. The van der Waals surface area contributed by atoms with Crippen molar-refractivity contribution in [3.63, 3.8) is 0 Å². The van der Waals surface area contributed by atoms with Gasteiger partial charge in [-0.15, -0.1) is 11.3 Å². The Morgan fingerprint density at radius 1 is 1.41 bits per heavy atom. The van der Waals surface area contributed by atoms with Crippen LogP contribution in [0.3, 0.4) is 0 Å². The van der Waals surface area contributed by atoms with Crippen LogP contribution in [0.5, 0.6) is 0 Å². The molecule has 0 saturated carbocycles. The van der Waals surface area contributed by atoms with Crippen molar-refractivity contribution in [2.45, 2.75) is 20.4 Å². The number of para-hydroxylation sites is 1. The number of aromatic nitrogens is 1. The van der Waals surface area contributed by atoms with E-state index in [0.717, 1.165) is 21.7 Å². The number of hydrogen-bond acceptors (Lipinski definition) is 4. The van der Waals surface area contributed by atoms with Crippen LogP contribution in [-0.4, -0.2) is 22.8 Å². The summed E-state index contributed by atoms with van der Waals surface area (Å²) < 4.78 is 5.71. The van der Waals surface area contributed by atoms with Gasteiger partial charge in [0.2, 0.25) is 0 Å². The van der Waals surface area contributed by atoms with Crippen molar-refractivity contribution in [2.75, 3.05) is 7.05 Å². The normalized spacial score (nSPS) is 11.1. The van der Waals surface area contributed by atoms with Crippen LogP contribution >= 0.6 is 22.9 Å². The minimum Gasteiger partial charge on any atom is -0.449 e. The predicted octanol–water partition coefficient (Wildman–Crippen LogP) is 4.43. The van der Waals surface area contributed by atoms with Gasteiger partial charge in [0, 0.05) is 23.4 Å². The molecule has 1 amide bonds. The number of benzene rings is 1. The third-order valence-corrected chi connectivity index (χ3v) is 4.64. The van der Waals surface area contributed by atoms with Gasteiger partial charge in [-0.1, -0.05) is 23.7 Å². The molecule has 4 nitrogen and oxygen atoms in total. The molecule has 0 aliphatic rings. The minimum absolute atomic E-state index is 0.171. The molecule has 114 valence electrons. The van der Waals surface area contributed by atoms with Crippen molar-refractivity contribution in [1.29, 1.82) is 0 Å². The summed E-state index contributed by atoms with van der Waals surface area (Å²) in [7, 11) is 1.74. The number of thiazole rings is 1. The van der Waals surface area contributed by atoms with E-state index < -0.39 is 0 Å². The summed E-state index contributed by atoms with van der Waals surface area (Å²) in [6.45, 7) is 4.27. The topological polar surface area (TPSA) is 46.3 Å². The average molecular weight is 335 g/mol. The van der Waals surface area contributed by atoms with Crippen molar-refractivity contribution < 1.29 is 9.21 Å². The highest BCUT2D eigenvalue weighted by Crippen LogP contribution is 2.31. The van der Waals surface area contributed by atoms with E-state index in [1.54, 1.807) is 29.4 Å². The van der Waals surface area contributed by atoms with Crippen LogP contribution in [-0.2, 0) is 6.54 Å². The van der Waals surface area contributed by atoms with Gasteiger partial charge in [0.15, 0.2) is 11.3 Å². The Morgan fingerprint density at radius 2 is 2.18 bits per heavy atom. The molecule has 6 heteroatoms. The fourth-order valence-corrected chi connectivity index (χ4v) is 3.20. The van der Waals surface area contributed by atoms with Gasteiger partial charge in [-0.3, -0.25) is 4.79 Å². The standard InChI is InChI=1S/C16H15ClN2O2S/c1-9-12-5-4-6-13(17)15(12)21-14(9)16(20)19(3)7-11-8-22-10(2)18-11/h4-6,8H,7H2,1-3H3. The Balaban J connectivity index is 1.91. The molecule has 0 atom stereocenters. The second-order valence-corrected chi connectivity index (χ2v) is 6.66. The maximum Gasteiger partial charge on any atom is 0.289 e. The lowest BCUT2D eigenvalue weighted by molar-refractivity contribution is 0.0753. The summed E-state index contributed by atoms with van der Waals surface area (Å²) >= 11 is 7.70. The lowest BCUT2D eigenvalue weighted by Gasteiger charge is -2.14. The first kappa shape index (κ1) is 15.1. The highest BCUT2D eigenvalue weighted by atomic mass is 35.5. The van der Waals surface area contributed by atoms with Gasteiger partial charge in [0.05, 0.1) is 22.3 Å². The molecule has 0 N–H and O–H groups in total. The second-order valence-electron chi connectivity index (χ2n) is 5.19. The van der Waals surface area contributed by atoms with Gasteiger partial charge in [-0.25, -0.2) is 4.98 Å². The maximum atomic E-state index is 12.6. The molecule has 2 aromatic heterocycles. The molecule has 22 heavy (non-hydrogen) atoms. The number of hydrogen-bond donors (Lipinski definition) is 0. The Labute approximate surface area is 137 Å². The maximum absolute atomic E-state index is 12.6. The van der Waals surface area contributed by atoms with E-state index in [0.29, 0.717) is 22.9 Å². The number of aryl methyl sites for hydroxylation is 2. The van der Waals surface area contributed by atoms with E-state index in [1.807, 2.05) is 31.4 Å². The lowest BCUT2D eigenvalue weighted by Crippen LogP contribution is -2.26. The van der Waals surface area contributed by atoms with Crippen LogP contribution in [0.15, 0.2) is 28.0 Å². The van der Waals surface area contributed by atoms with E-state index in [-0.39, 0.29) is 5.91 Å². The first-order valence-electron chi connectivity index (χ1n) is 6.81. The van der Waals surface area contributed by atoms with Crippen LogP contribution < -0.4 is 0 Å². The van der Waals surface area contributed by atoms with Crippen LogP contribution in [0.4, 0.5) is 0 Å². The van der Waals surface area contributed by atoms with Crippen LogP contribution in [0.2, 0.25) is 5.02 Å². The number of rotatable bonds is 3. The molecule has 0 bridgehead atoms. The quantitative estimate of drug-likeness (QED) is 0.711. The first-order valence-corrected chi connectivity index (χ1v) is 8.07. The number of nitrogens with zero attached hydrogens (tertiary/aromatic N) is 2. The van der Waals surface area contributed by atoms with Gasteiger partial charge >= 0.3 is 0 Å². The van der Waals surface area contributed by atoms with Crippen LogP contribution in [0, 0.1) is 13.8 Å². The third kappa shape index (κ3) is 2.62. The second kappa shape index (κ2) is 5.74. The Hall–Kier alpha value is -1.85. The summed E-state index contributed by atoms with van der Waals surface area (Å²) in [5.74, 6) is 0.160. The van der Waals surface area contributed by atoms with Gasteiger partial charge in [-0.2, -0.15) is 0 Å². The zero-order valence-corrected chi connectivity index (χ0v) is 14.1. The predicted molar refractivity (Wildman–Crippen MR) is 88.6 cm³/mol. The molecule has 0 saturated heterocycles. The summed E-state index contributed by atoms with van der Waals surface area (Å²) in [4.78, 5) is 18.6. The summed E-state index contributed by atoms with van der Waals surface area (Å²) in [6, 6.07) is 5.51. The summed E-state index contributed by atoms with van der Waals surface area (Å²) in [6.07, 6.45) is 0. The van der Waals surface area contributed by atoms with E-state index in [4.69, 9.17) is 16.0 Å². The molecule has 0 unspecified atom stereocenters. The molecule has 3 aromatic rings. The van der Waals surface area contributed by atoms with Crippen LogP contribution in [0.25, 0.3) is 11.0 Å². The third-order valence-electron chi connectivity index (χ3n) is 3.52. The van der Waals surface area contributed by atoms with Gasteiger partial charge in [0.25, 0.3) is 5.91 Å². The van der Waals surface area contributed by atoms with E-state index in [1.165, 1.54) is 0 Å². The van der Waals surface area contributed by atoms with Crippen molar-refractivity contribution in [3.05, 3.63) is 50.6 Å².